The summed E-state index contributed by atoms with van der Waals surface area (Å²) in [5.41, 5.74) is -0.455. The molecule has 3 aliphatic carbocycles. The van der Waals surface area contributed by atoms with Gasteiger partial charge < -0.3 is 33.5 Å². The lowest BCUT2D eigenvalue weighted by atomic mass is 9.55. The number of Topliss-reactive ketones (excluding diaryl/α,β-unsaturated/α-hetero) is 1. The molecule has 1 unspecified atom stereocenters. The van der Waals surface area contributed by atoms with Gasteiger partial charge in [-0.15, -0.1) is 0 Å². The van der Waals surface area contributed by atoms with Gasteiger partial charge in [0.25, 0.3) is 5.97 Å². The zero-order chi connectivity index (χ0) is 36.6. The smallest absolute Gasteiger partial charge is 0.310 e. The van der Waals surface area contributed by atoms with Crippen molar-refractivity contribution in [2.45, 2.75) is 108 Å². The van der Waals surface area contributed by atoms with Gasteiger partial charge in [-0.05, 0) is 86.4 Å². The molecular formula is C42H50O9. The van der Waals surface area contributed by atoms with E-state index in [2.05, 4.69) is 20.4 Å². The van der Waals surface area contributed by atoms with E-state index in [-0.39, 0.29) is 36.8 Å². The molecule has 3 bridgehead atoms. The quantitative estimate of drug-likeness (QED) is 0.205. The van der Waals surface area contributed by atoms with Gasteiger partial charge in [0, 0.05) is 18.3 Å². The van der Waals surface area contributed by atoms with Crippen LogP contribution in [0.1, 0.15) is 71.9 Å². The molecule has 2 aromatic carbocycles. The number of fused-ring (bicyclic) bond motifs is 2. The molecule has 7 rings (SSSR count). The normalized spacial score (nSPS) is 34.9. The van der Waals surface area contributed by atoms with Crippen LogP contribution in [0.15, 0.2) is 84.0 Å². The molecular weight excluding hydrogens is 648 g/mol. The second kappa shape index (κ2) is 12.4. The van der Waals surface area contributed by atoms with Crippen molar-refractivity contribution in [3.05, 3.63) is 95.1 Å². The average Bonchev–Trinajstić information content (AvgIpc) is 3.39. The van der Waals surface area contributed by atoms with Gasteiger partial charge in [-0.2, -0.15) is 0 Å². The second-order valence-electron chi connectivity index (χ2n) is 15.9. The molecule has 2 aliphatic heterocycles. The summed E-state index contributed by atoms with van der Waals surface area (Å²) >= 11 is 0. The molecule has 8 atom stereocenters. The van der Waals surface area contributed by atoms with Gasteiger partial charge in [0.05, 0.1) is 25.6 Å². The number of benzene rings is 2. The SMILES string of the molecule is C=C(C)[C@]12C[C@@H](C)[C@@]34OC(Cc5ccccc5)(O[C@@H]1[C@@H]3C=C(COC(=O)Cc1ccc(OC(C)(C)CC)c(OC)c1)C[C@]1(O)C(=O)C(C)=C[C@@H]41)O2. The summed E-state index contributed by atoms with van der Waals surface area (Å²) in [5.74, 6) is -2.38. The molecule has 0 aromatic heterocycles. The van der Waals surface area contributed by atoms with Crippen LogP contribution in [0.3, 0.4) is 0 Å². The molecule has 5 aliphatic rings. The van der Waals surface area contributed by atoms with E-state index in [0.717, 1.165) is 17.6 Å². The highest BCUT2D eigenvalue weighted by Crippen LogP contribution is 2.68. The lowest BCUT2D eigenvalue weighted by Gasteiger charge is -2.59. The van der Waals surface area contributed by atoms with Crippen molar-refractivity contribution in [3.8, 4) is 11.5 Å². The highest BCUT2D eigenvalue weighted by molar-refractivity contribution is 6.04. The molecule has 1 N–H and O–H groups in total. The molecule has 2 saturated heterocycles. The number of rotatable bonds is 11. The summed E-state index contributed by atoms with van der Waals surface area (Å²) in [7, 11) is 1.57. The minimum absolute atomic E-state index is 0.00143. The van der Waals surface area contributed by atoms with Crippen LogP contribution in [0, 0.1) is 17.8 Å². The fourth-order valence-electron chi connectivity index (χ4n) is 9.16. The van der Waals surface area contributed by atoms with Gasteiger partial charge in [-0.3, -0.25) is 9.59 Å². The predicted molar refractivity (Wildman–Crippen MR) is 190 cm³/mol. The highest BCUT2D eigenvalue weighted by Gasteiger charge is 2.79. The molecule has 3 fully saturated rings. The van der Waals surface area contributed by atoms with Crippen LogP contribution < -0.4 is 9.47 Å². The molecule has 1 saturated carbocycles. The van der Waals surface area contributed by atoms with E-state index >= 15 is 0 Å². The first-order chi connectivity index (χ1) is 24.1. The van der Waals surface area contributed by atoms with Gasteiger partial charge in [0.2, 0.25) is 0 Å². The Morgan fingerprint density at radius 3 is 2.51 bits per heavy atom. The minimum atomic E-state index is -1.80. The number of ketones is 1. The number of aliphatic hydroxyl groups is 1. The van der Waals surface area contributed by atoms with Gasteiger partial charge in [0.15, 0.2) is 17.3 Å². The predicted octanol–water partition coefficient (Wildman–Crippen LogP) is 6.61. The van der Waals surface area contributed by atoms with E-state index in [1.807, 2.05) is 69.3 Å². The number of methoxy groups -OCH3 is 1. The highest BCUT2D eigenvalue weighted by atomic mass is 16.9. The minimum Gasteiger partial charge on any atom is -0.493 e. The lowest BCUT2D eigenvalue weighted by Crippen LogP contribution is -2.70. The summed E-state index contributed by atoms with van der Waals surface area (Å²) in [6, 6.07) is 15.3. The Balaban J connectivity index is 1.20. The molecule has 2 heterocycles. The van der Waals surface area contributed by atoms with Gasteiger partial charge >= 0.3 is 5.97 Å². The Kier molecular flexibility index (Phi) is 8.69. The first kappa shape index (κ1) is 35.6. The van der Waals surface area contributed by atoms with Crippen LogP contribution in [-0.4, -0.2) is 65.1 Å². The number of hydrogen-bond donors (Lipinski definition) is 1. The lowest BCUT2D eigenvalue weighted by molar-refractivity contribution is -0.421. The maximum atomic E-state index is 13.9. The van der Waals surface area contributed by atoms with Crippen molar-refractivity contribution >= 4 is 11.8 Å². The number of carbonyl (C=O) groups is 2. The summed E-state index contributed by atoms with van der Waals surface area (Å²) in [6.45, 7) is 16.1. The zero-order valence-corrected chi connectivity index (χ0v) is 30.7. The molecule has 2 aromatic rings. The van der Waals surface area contributed by atoms with Crippen LogP contribution >= 0.6 is 0 Å². The van der Waals surface area contributed by atoms with Crippen molar-refractivity contribution in [1.29, 1.82) is 0 Å². The van der Waals surface area contributed by atoms with Crippen molar-refractivity contribution in [1.82, 2.24) is 0 Å². The third-order valence-corrected chi connectivity index (χ3v) is 12.0. The number of hydrogen-bond acceptors (Lipinski definition) is 9. The van der Waals surface area contributed by atoms with Gasteiger partial charge in [-0.1, -0.05) is 69.0 Å². The maximum absolute atomic E-state index is 13.9. The van der Waals surface area contributed by atoms with Gasteiger partial charge in [-0.25, -0.2) is 0 Å². The monoisotopic (exact) mass is 698 g/mol. The standard InChI is InChI=1S/C42H50O9/c1-9-38(6,7)48-32-16-15-29(19-33(32)46-8)20-35(43)47-24-30-18-31-37-40(25(2)3)21-27(5)42(31,34-17-26(4)36(44)39(34,45)22-30)51-41(49-37,50-40)23-28-13-11-10-12-14-28/h10-19,27,31,34,37,45H,2,9,20-24H2,1,3-8H3/t27-,31+,34-,37-,39-,40-,41?,42-/m1/s1. The zero-order valence-electron chi connectivity index (χ0n) is 30.7. The first-order valence-electron chi connectivity index (χ1n) is 18.0. The first-order valence-corrected chi connectivity index (χ1v) is 18.0. The van der Waals surface area contributed by atoms with E-state index in [4.69, 9.17) is 28.4 Å². The number of ether oxygens (including phenoxy) is 6. The second-order valence-corrected chi connectivity index (χ2v) is 15.9. The Morgan fingerprint density at radius 2 is 1.82 bits per heavy atom. The van der Waals surface area contributed by atoms with Crippen LogP contribution in [0.4, 0.5) is 0 Å². The Labute approximate surface area is 300 Å². The number of carbonyl (C=O) groups excluding carboxylic acids is 2. The molecule has 0 spiro atoms. The fourth-order valence-corrected chi connectivity index (χ4v) is 9.16. The van der Waals surface area contributed by atoms with E-state index < -0.39 is 46.7 Å². The van der Waals surface area contributed by atoms with Crippen LogP contribution in [0.2, 0.25) is 0 Å². The molecule has 51 heavy (non-hydrogen) atoms. The van der Waals surface area contributed by atoms with Gasteiger partial charge in [0.1, 0.15) is 29.5 Å². The molecule has 272 valence electrons. The Hall–Kier alpha value is -3.76. The fraction of sp³-hybridized carbons (Fsp3) is 0.524. The summed E-state index contributed by atoms with van der Waals surface area (Å²) < 4.78 is 38.6. The van der Waals surface area contributed by atoms with Crippen LogP contribution in [0.5, 0.6) is 11.5 Å². The van der Waals surface area contributed by atoms with Crippen LogP contribution in [0.25, 0.3) is 0 Å². The van der Waals surface area contributed by atoms with E-state index in [1.165, 1.54) is 0 Å². The van der Waals surface area contributed by atoms with Crippen molar-refractivity contribution in [3.63, 3.8) is 0 Å². The summed E-state index contributed by atoms with van der Waals surface area (Å²) in [5, 5.41) is 12.5. The topological polar surface area (TPSA) is 110 Å². The average molecular weight is 699 g/mol. The van der Waals surface area contributed by atoms with Crippen molar-refractivity contribution < 1.29 is 43.1 Å². The maximum Gasteiger partial charge on any atom is 0.310 e. The summed E-state index contributed by atoms with van der Waals surface area (Å²) in [4.78, 5) is 27.2. The van der Waals surface area contributed by atoms with Crippen LogP contribution in [-0.2, 0) is 41.4 Å². The Bertz CT molecular complexity index is 1810. The summed E-state index contributed by atoms with van der Waals surface area (Å²) in [6.07, 6.45) is 5.08. The third kappa shape index (κ3) is 5.68. The number of esters is 1. The molecule has 9 nitrogen and oxygen atoms in total. The molecule has 9 heteroatoms. The van der Waals surface area contributed by atoms with Crippen molar-refractivity contribution in [2.24, 2.45) is 17.8 Å². The van der Waals surface area contributed by atoms with Crippen molar-refractivity contribution in [2.75, 3.05) is 13.7 Å². The van der Waals surface area contributed by atoms with E-state index in [0.29, 0.717) is 41.1 Å². The van der Waals surface area contributed by atoms with E-state index in [1.54, 1.807) is 26.2 Å². The molecule has 0 radical (unpaired) electrons. The Morgan fingerprint density at radius 1 is 1.08 bits per heavy atom. The third-order valence-electron chi connectivity index (χ3n) is 12.0. The largest absolute Gasteiger partial charge is 0.493 e. The molecule has 0 amide bonds. The van der Waals surface area contributed by atoms with E-state index in [9.17, 15) is 14.7 Å².